The van der Waals surface area contributed by atoms with Gasteiger partial charge in [0.1, 0.15) is 6.61 Å². The van der Waals surface area contributed by atoms with Gasteiger partial charge in [-0.3, -0.25) is 4.79 Å². The summed E-state index contributed by atoms with van der Waals surface area (Å²) in [7, 11) is 0. The zero-order chi connectivity index (χ0) is 15.1. The van der Waals surface area contributed by atoms with Gasteiger partial charge in [0.05, 0.1) is 5.92 Å². The summed E-state index contributed by atoms with van der Waals surface area (Å²) in [5, 5.41) is 4.29. The van der Waals surface area contributed by atoms with Crippen LogP contribution in [0.25, 0.3) is 0 Å². The molecular weight excluding hydrogens is 282 g/mol. The summed E-state index contributed by atoms with van der Waals surface area (Å²) in [5.74, 6) is -0.215. The minimum atomic E-state index is -0.120. The van der Waals surface area contributed by atoms with Gasteiger partial charge in [-0.1, -0.05) is 37.3 Å². The van der Waals surface area contributed by atoms with Crippen LogP contribution in [0, 0.1) is 5.92 Å². The van der Waals surface area contributed by atoms with Crippen LogP contribution in [0.4, 0.5) is 0 Å². The summed E-state index contributed by atoms with van der Waals surface area (Å²) in [4.78, 5) is 12.0. The molecule has 0 heterocycles. The molecule has 0 aliphatic heterocycles. The molecule has 0 spiro atoms. The van der Waals surface area contributed by atoms with Crippen LogP contribution in [0.2, 0.25) is 0 Å². The second-order valence-electron chi connectivity index (χ2n) is 5.77. The molecule has 3 unspecified atom stereocenters. The lowest BCUT2D eigenvalue weighted by Gasteiger charge is -2.16. The van der Waals surface area contributed by atoms with E-state index in [9.17, 15) is 4.79 Å². The molecule has 116 valence electrons. The second kappa shape index (κ2) is 8.44. The molecule has 1 aromatic rings. The average molecular weight is 307 g/mol. The molecular formula is C17H25NO2S. The molecule has 2 rings (SSSR count). The van der Waals surface area contributed by atoms with Gasteiger partial charge in [-0.15, -0.1) is 0 Å². The Kier molecular flexibility index (Phi) is 6.58. The van der Waals surface area contributed by atoms with Crippen LogP contribution in [-0.2, 0) is 16.1 Å². The van der Waals surface area contributed by atoms with Crippen LogP contribution in [0.15, 0.2) is 30.3 Å². The van der Waals surface area contributed by atoms with Crippen LogP contribution in [-0.4, -0.2) is 30.1 Å². The minimum absolute atomic E-state index is 0.0953. The number of carbonyl (C=O) groups is 1. The smallest absolute Gasteiger partial charge is 0.310 e. The van der Waals surface area contributed by atoms with E-state index in [0.29, 0.717) is 19.2 Å². The summed E-state index contributed by atoms with van der Waals surface area (Å²) in [6.07, 6.45) is 5.90. The fraction of sp³-hybridized carbons (Fsp3) is 0.588. The zero-order valence-corrected chi connectivity index (χ0v) is 13.7. The van der Waals surface area contributed by atoms with Gasteiger partial charge in [0.15, 0.2) is 0 Å². The predicted molar refractivity (Wildman–Crippen MR) is 88.3 cm³/mol. The lowest BCUT2D eigenvalue weighted by molar-refractivity contribution is -0.149. The maximum Gasteiger partial charge on any atom is 0.310 e. The molecule has 0 saturated heterocycles. The van der Waals surface area contributed by atoms with E-state index >= 15 is 0 Å². The summed E-state index contributed by atoms with van der Waals surface area (Å²) in [6, 6.07) is 10.4. The third-order valence-corrected chi connectivity index (χ3v) is 5.15. The molecule has 3 nitrogen and oxygen atoms in total. The Bertz CT molecular complexity index is 438. The van der Waals surface area contributed by atoms with E-state index in [1.54, 1.807) is 0 Å². The van der Waals surface area contributed by atoms with E-state index in [2.05, 4.69) is 11.6 Å². The number of benzene rings is 1. The van der Waals surface area contributed by atoms with E-state index < -0.39 is 0 Å². The minimum Gasteiger partial charge on any atom is -0.461 e. The van der Waals surface area contributed by atoms with Crippen molar-refractivity contribution in [3.63, 3.8) is 0 Å². The van der Waals surface area contributed by atoms with E-state index in [0.717, 1.165) is 10.8 Å². The van der Waals surface area contributed by atoms with Crippen molar-refractivity contribution in [3.05, 3.63) is 35.9 Å². The van der Waals surface area contributed by atoms with Crippen molar-refractivity contribution in [1.82, 2.24) is 5.32 Å². The highest BCUT2D eigenvalue weighted by molar-refractivity contribution is 7.99. The van der Waals surface area contributed by atoms with Crippen molar-refractivity contribution in [1.29, 1.82) is 0 Å². The van der Waals surface area contributed by atoms with Gasteiger partial charge < -0.3 is 10.1 Å². The van der Waals surface area contributed by atoms with Crippen LogP contribution in [0.1, 0.15) is 31.7 Å². The molecule has 1 aliphatic carbocycles. The van der Waals surface area contributed by atoms with Crippen LogP contribution >= 0.6 is 11.8 Å². The van der Waals surface area contributed by atoms with Crippen LogP contribution in [0.3, 0.4) is 0 Å². The zero-order valence-electron chi connectivity index (χ0n) is 12.9. The first-order valence-corrected chi connectivity index (χ1v) is 8.94. The lowest BCUT2D eigenvalue weighted by atomic mass is 10.1. The molecule has 1 fully saturated rings. The first-order chi connectivity index (χ1) is 10.2. The summed E-state index contributed by atoms with van der Waals surface area (Å²) in [6.45, 7) is 3.00. The number of carbonyl (C=O) groups excluding carboxylic acids is 1. The third kappa shape index (κ3) is 5.36. The number of hydrogen-bond donors (Lipinski definition) is 1. The van der Waals surface area contributed by atoms with Gasteiger partial charge in [-0.25, -0.2) is 0 Å². The van der Waals surface area contributed by atoms with E-state index in [4.69, 9.17) is 4.74 Å². The highest BCUT2D eigenvalue weighted by Gasteiger charge is 2.24. The number of ether oxygens (including phenoxy) is 1. The van der Waals surface area contributed by atoms with E-state index in [1.807, 2.05) is 49.0 Å². The second-order valence-corrected chi connectivity index (χ2v) is 6.91. The van der Waals surface area contributed by atoms with Crippen LogP contribution < -0.4 is 5.32 Å². The molecule has 3 atom stereocenters. The van der Waals surface area contributed by atoms with Gasteiger partial charge >= 0.3 is 5.97 Å². The first kappa shape index (κ1) is 16.4. The number of thioether (sulfide) groups is 1. The number of rotatable bonds is 7. The van der Waals surface area contributed by atoms with Gasteiger partial charge in [-0.2, -0.15) is 11.8 Å². The Morgan fingerprint density at radius 2 is 2.14 bits per heavy atom. The van der Waals surface area contributed by atoms with Crippen molar-refractivity contribution in [3.8, 4) is 0 Å². The van der Waals surface area contributed by atoms with E-state index in [-0.39, 0.29) is 11.9 Å². The molecule has 0 radical (unpaired) electrons. The molecule has 1 aromatic carbocycles. The fourth-order valence-corrected chi connectivity index (χ4v) is 3.43. The van der Waals surface area contributed by atoms with Gasteiger partial charge in [-0.05, 0) is 31.1 Å². The lowest BCUT2D eigenvalue weighted by Crippen LogP contribution is -2.34. The van der Waals surface area contributed by atoms with Crippen LogP contribution in [0.5, 0.6) is 0 Å². The molecule has 1 N–H and O–H groups in total. The van der Waals surface area contributed by atoms with Gasteiger partial charge in [0, 0.05) is 17.8 Å². The Hall–Kier alpha value is -1.00. The first-order valence-electron chi connectivity index (χ1n) is 7.65. The Labute approximate surface area is 131 Å². The molecule has 0 bridgehead atoms. The van der Waals surface area contributed by atoms with Crippen molar-refractivity contribution in [2.24, 2.45) is 5.92 Å². The van der Waals surface area contributed by atoms with E-state index in [1.165, 1.54) is 19.3 Å². The molecule has 0 amide bonds. The molecule has 4 heteroatoms. The highest BCUT2D eigenvalue weighted by Crippen LogP contribution is 2.28. The fourth-order valence-electron chi connectivity index (χ4n) is 2.64. The Morgan fingerprint density at radius 1 is 1.38 bits per heavy atom. The normalized spacial score (nSPS) is 23.0. The number of esters is 1. The van der Waals surface area contributed by atoms with Crippen molar-refractivity contribution in [2.45, 2.75) is 44.1 Å². The third-order valence-electron chi connectivity index (χ3n) is 4.06. The predicted octanol–water partition coefficient (Wildman–Crippen LogP) is 3.24. The largest absolute Gasteiger partial charge is 0.461 e. The van der Waals surface area contributed by atoms with Gasteiger partial charge in [0.25, 0.3) is 0 Å². The summed E-state index contributed by atoms with van der Waals surface area (Å²) in [5.41, 5.74) is 1.03. The monoisotopic (exact) mass is 307 g/mol. The van der Waals surface area contributed by atoms with Gasteiger partial charge in [0.2, 0.25) is 0 Å². The number of hydrogen-bond acceptors (Lipinski definition) is 4. The molecule has 21 heavy (non-hydrogen) atoms. The highest BCUT2D eigenvalue weighted by atomic mass is 32.2. The Balaban J connectivity index is 1.66. The quantitative estimate of drug-likeness (QED) is 0.785. The Morgan fingerprint density at radius 3 is 2.81 bits per heavy atom. The standard InChI is InChI=1S/C17H25NO2S/c1-13(11-18-15-8-9-16(10-15)21-2)17(19)20-12-14-6-4-3-5-7-14/h3-7,13,15-16,18H,8-12H2,1-2H3. The van der Waals surface area contributed by atoms with Crippen molar-refractivity contribution >= 4 is 17.7 Å². The maximum atomic E-state index is 12.0. The average Bonchev–Trinajstić information content (AvgIpc) is 2.99. The number of nitrogens with one attached hydrogen (secondary N) is 1. The van der Waals surface area contributed by atoms with Crippen molar-refractivity contribution < 1.29 is 9.53 Å². The molecule has 1 aliphatic rings. The maximum absolute atomic E-state index is 12.0. The molecule has 1 saturated carbocycles. The molecule has 0 aromatic heterocycles. The summed E-state index contributed by atoms with van der Waals surface area (Å²) >= 11 is 1.95. The SMILES string of the molecule is CSC1CCC(NCC(C)C(=O)OCc2ccccc2)C1. The summed E-state index contributed by atoms with van der Waals surface area (Å²) < 4.78 is 5.36. The van der Waals surface area contributed by atoms with Crippen molar-refractivity contribution in [2.75, 3.05) is 12.8 Å². The topological polar surface area (TPSA) is 38.3 Å².